The third-order valence-corrected chi connectivity index (χ3v) is 3.11. The molecule has 0 aliphatic heterocycles. The van der Waals surface area contributed by atoms with Gasteiger partial charge in [-0.25, -0.2) is 4.79 Å². The molecule has 1 aromatic carbocycles. The Kier molecular flexibility index (Phi) is 5.65. The van der Waals surface area contributed by atoms with Crippen molar-refractivity contribution in [1.82, 2.24) is 0 Å². The number of rotatable bonds is 6. The fraction of sp³-hybridized carbons (Fsp3) is 0.333. The molecule has 0 saturated carbocycles. The lowest BCUT2D eigenvalue weighted by Gasteiger charge is -2.12. The Hall–Kier alpha value is -1.73. The second-order valence-electron chi connectivity index (χ2n) is 3.91. The number of carbonyl (C=O) groups excluding carboxylic acids is 1. The van der Waals surface area contributed by atoms with Crippen molar-refractivity contribution in [2.24, 2.45) is 5.73 Å². The van der Waals surface area contributed by atoms with E-state index in [0.717, 1.165) is 5.75 Å². The van der Waals surface area contributed by atoms with Gasteiger partial charge in [0.05, 0.1) is 6.04 Å². The highest BCUT2D eigenvalue weighted by Crippen LogP contribution is 2.22. The molecule has 1 atom stereocenters. The van der Waals surface area contributed by atoms with Gasteiger partial charge in [0.25, 0.3) is 0 Å². The van der Waals surface area contributed by atoms with Crippen LogP contribution in [0.3, 0.4) is 0 Å². The number of aromatic carboxylic acids is 1. The number of anilines is 1. The highest BCUT2D eigenvalue weighted by Gasteiger charge is 2.15. The highest BCUT2D eigenvalue weighted by atomic mass is 32.2. The number of hydrogen-bond donors (Lipinski definition) is 4. The van der Waals surface area contributed by atoms with Crippen LogP contribution in [0.15, 0.2) is 18.2 Å². The molecule has 0 saturated heterocycles. The summed E-state index contributed by atoms with van der Waals surface area (Å²) in [6.45, 7) is 0. The average Bonchev–Trinajstić information content (AvgIpc) is 2.35. The SMILES string of the molecule is CSCC[C@@H](N)C(=O)Nc1ccc(C(=O)O)c(O)c1. The third kappa shape index (κ3) is 4.46. The molecule has 1 amide bonds. The van der Waals surface area contributed by atoms with E-state index in [1.165, 1.54) is 18.2 Å². The van der Waals surface area contributed by atoms with Crippen molar-refractivity contribution < 1.29 is 19.8 Å². The van der Waals surface area contributed by atoms with E-state index in [2.05, 4.69) is 5.32 Å². The van der Waals surface area contributed by atoms with Gasteiger partial charge in [0.2, 0.25) is 5.91 Å². The molecule has 104 valence electrons. The topological polar surface area (TPSA) is 113 Å². The van der Waals surface area contributed by atoms with Crippen LogP contribution in [0.2, 0.25) is 0 Å². The molecule has 0 aliphatic rings. The summed E-state index contributed by atoms with van der Waals surface area (Å²) in [6.07, 6.45) is 2.47. The molecule has 0 fully saturated rings. The van der Waals surface area contributed by atoms with E-state index >= 15 is 0 Å². The van der Waals surface area contributed by atoms with Crippen LogP contribution < -0.4 is 11.1 Å². The minimum absolute atomic E-state index is 0.218. The summed E-state index contributed by atoms with van der Waals surface area (Å²) in [4.78, 5) is 22.4. The molecule has 0 bridgehead atoms. The van der Waals surface area contributed by atoms with Crippen molar-refractivity contribution in [3.63, 3.8) is 0 Å². The zero-order chi connectivity index (χ0) is 14.4. The van der Waals surface area contributed by atoms with Gasteiger partial charge in [0, 0.05) is 11.8 Å². The molecule has 0 aromatic heterocycles. The van der Waals surface area contributed by atoms with Gasteiger partial charge in [0.15, 0.2) is 0 Å². The number of hydrogen-bond acceptors (Lipinski definition) is 5. The van der Waals surface area contributed by atoms with Gasteiger partial charge in [-0.1, -0.05) is 0 Å². The molecule has 5 N–H and O–H groups in total. The van der Waals surface area contributed by atoms with Crippen molar-refractivity contribution in [2.45, 2.75) is 12.5 Å². The molecule has 6 nitrogen and oxygen atoms in total. The fourth-order valence-electron chi connectivity index (χ4n) is 1.40. The van der Waals surface area contributed by atoms with Gasteiger partial charge in [-0.15, -0.1) is 0 Å². The number of carboxylic acids is 1. The summed E-state index contributed by atoms with van der Waals surface area (Å²) < 4.78 is 0. The van der Waals surface area contributed by atoms with Crippen LogP contribution in [-0.2, 0) is 4.79 Å². The van der Waals surface area contributed by atoms with Crippen LogP contribution in [0.4, 0.5) is 5.69 Å². The summed E-state index contributed by atoms with van der Waals surface area (Å²) >= 11 is 1.60. The molecule has 19 heavy (non-hydrogen) atoms. The standard InChI is InChI=1S/C12H16N2O4S/c1-19-5-4-9(13)11(16)14-7-2-3-8(12(17)18)10(15)6-7/h2-3,6,9,15H,4-5,13H2,1H3,(H,14,16)(H,17,18)/t9-/m1/s1. The summed E-state index contributed by atoms with van der Waals surface area (Å²) in [5.74, 6) is -1.22. The smallest absolute Gasteiger partial charge is 0.339 e. The van der Waals surface area contributed by atoms with E-state index in [0.29, 0.717) is 12.1 Å². The van der Waals surface area contributed by atoms with E-state index in [9.17, 15) is 14.7 Å². The molecule has 1 rings (SSSR count). The summed E-state index contributed by atoms with van der Waals surface area (Å²) in [7, 11) is 0. The van der Waals surface area contributed by atoms with Crippen LogP contribution in [0.5, 0.6) is 5.75 Å². The Morgan fingerprint density at radius 1 is 1.47 bits per heavy atom. The number of carboxylic acid groups (broad SMARTS) is 1. The summed E-state index contributed by atoms with van der Waals surface area (Å²) in [6, 6.07) is 3.18. The maximum absolute atomic E-state index is 11.7. The van der Waals surface area contributed by atoms with E-state index in [-0.39, 0.29) is 11.5 Å². The van der Waals surface area contributed by atoms with Crippen LogP contribution >= 0.6 is 11.8 Å². The van der Waals surface area contributed by atoms with Crippen LogP contribution in [0.25, 0.3) is 0 Å². The van der Waals surface area contributed by atoms with Crippen molar-refractivity contribution in [1.29, 1.82) is 0 Å². The zero-order valence-corrected chi connectivity index (χ0v) is 11.2. The normalized spacial score (nSPS) is 11.9. The van der Waals surface area contributed by atoms with Gasteiger partial charge in [-0.05, 0) is 30.6 Å². The molecule has 0 spiro atoms. The minimum atomic E-state index is -1.23. The minimum Gasteiger partial charge on any atom is -0.507 e. The number of carbonyl (C=O) groups is 2. The number of thioether (sulfide) groups is 1. The van der Waals surface area contributed by atoms with Gasteiger partial charge in [-0.3, -0.25) is 4.79 Å². The van der Waals surface area contributed by atoms with Gasteiger partial charge < -0.3 is 21.3 Å². The molecule has 7 heteroatoms. The van der Waals surface area contributed by atoms with E-state index < -0.39 is 17.8 Å². The summed E-state index contributed by atoms with van der Waals surface area (Å²) in [5, 5.41) is 20.8. The molecule has 0 aliphatic carbocycles. The predicted octanol–water partition coefficient (Wildman–Crippen LogP) is 1.11. The number of phenols is 1. The second kappa shape index (κ2) is 7.01. The van der Waals surface area contributed by atoms with Crippen LogP contribution in [-0.4, -0.2) is 40.1 Å². The molecule has 1 aromatic rings. The number of nitrogens with one attached hydrogen (secondary N) is 1. The fourth-order valence-corrected chi connectivity index (χ4v) is 1.89. The maximum Gasteiger partial charge on any atom is 0.339 e. The number of benzene rings is 1. The first kappa shape index (κ1) is 15.3. The monoisotopic (exact) mass is 284 g/mol. The quantitative estimate of drug-likeness (QED) is 0.622. The lowest BCUT2D eigenvalue weighted by atomic mass is 10.1. The number of amides is 1. The molecule has 0 radical (unpaired) electrons. The maximum atomic E-state index is 11.7. The molecular formula is C12H16N2O4S. The van der Waals surface area contributed by atoms with Crippen molar-refractivity contribution >= 4 is 29.3 Å². The Labute approximate surface area is 115 Å². The molecule has 0 unspecified atom stereocenters. The van der Waals surface area contributed by atoms with Crippen LogP contribution in [0.1, 0.15) is 16.8 Å². The van der Waals surface area contributed by atoms with Gasteiger partial charge in [0.1, 0.15) is 11.3 Å². The summed E-state index contributed by atoms with van der Waals surface area (Å²) in [5.41, 5.74) is 5.78. The van der Waals surface area contributed by atoms with Gasteiger partial charge in [-0.2, -0.15) is 11.8 Å². The first-order valence-corrected chi connectivity index (χ1v) is 6.96. The highest BCUT2D eigenvalue weighted by molar-refractivity contribution is 7.98. The Balaban J connectivity index is 2.70. The van der Waals surface area contributed by atoms with Crippen molar-refractivity contribution in [3.05, 3.63) is 23.8 Å². The lowest BCUT2D eigenvalue weighted by Crippen LogP contribution is -2.36. The van der Waals surface area contributed by atoms with E-state index in [1.54, 1.807) is 11.8 Å². The largest absolute Gasteiger partial charge is 0.507 e. The second-order valence-corrected chi connectivity index (χ2v) is 4.90. The van der Waals surface area contributed by atoms with Crippen molar-refractivity contribution in [2.75, 3.05) is 17.3 Å². The average molecular weight is 284 g/mol. The van der Waals surface area contributed by atoms with E-state index in [1.807, 2.05) is 6.26 Å². The van der Waals surface area contributed by atoms with Crippen LogP contribution in [0, 0.1) is 0 Å². The zero-order valence-electron chi connectivity index (χ0n) is 10.4. The first-order chi connectivity index (χ1) is 8.95. The Morgan fingerprint density at radius 3 is 2.68 bits per heavy atom. The van der Waals surface area contributed by atoms with Crippen molar-refractivity contribution in [3.8, 4) is 5.75 Å². The first-order valence-electron chi connectivity index (χ1n) is 5.57. The van der Waals surface area contributed by atoms with E-state index in [4.69, 9.17) is 10.8 Å². The lowest BCUT2D eigenvalue weighted by molar-refractivity contribution is -0.117. The molecule has 0 heterocycles. The number of aromatic hydroxyl groups is 1. The predicted molar refractivity (Wildman–Crippen MR) is 74.7 cm³/mol. The van der Waals surface area contributed by atoms with Gasteiger partial charge >= 0.3 is 5.97 Å². The Bertz CT molecular complexity index is 479. The third-order valence-electron chi connectivity index (χ3n) is 2.47. The molecular weight excluding hydrogens is 268 g/mol. The number of nitrogens with two attached hydrogens (primary N) is 1. The Morgan fingerprint density at radius 2 is 2.16 bits per heavy atom.